The van der Waals surface area contributed by atoms with Gasteiger partial charge in [-0.3, -0.25) is 25.0 Å². The number of rotatable bonds is 8. The van der Waals surface area contributed by atoms with Crippen LogP contribution in [-0.2, 0) is 4.74 Å². The molecule has 204 valence electrons. The second-order valence-electron chi connectivity index (χ2n) is 8.88. The smallest absolute Gasteiger partial charge is 0.321 e. The molecule has 11 heteroatoms. The number of pyridine rings is 2. The van der Waals surface area contributed by atoms with Gasteiger partial charge < -0.3 is 20.4 Å². The van der Waals surface area contributed by atoms with Crippen molar-refractivity contribution in [3.8, 4) is 22.4 Å². The van der Waals surface area contributed by atoms with Crippen LogP contribution in [0.5, 0.6) is 0 Å². The third-order valence-corrected chi connectivity index (χ3v) is 6.25. The van der Waals surface area contributed by atoms with E-state index in [1.165, 1.54) is 0 Å². The molecule has 4 N–H and O–H groups in total. The van der Waals surface area contributed by atoms with Crippen LogP contribution in [0.3, 0.4) is 0 Å². The molecule has 1 fully saturated rings. The predicted octanol–water partition coefficient (Wildman–Crippen LogP) is 3.53. The number of urea groups is 1. The Hall–Kier alpha value is -4.35. The van der Waals surface area contributed by atoms with Gasteiger partial charge in [-0.15, -0.1) is 0 Å². The van der Waals surface area contributed by atoms with Crippen molar-refractivity contribution < 1.29 is 14.3 Å². The van der Waals surface area contributed by atoms with Crippen LogP contribution in [0, 0.1) is 0 Å². The lowest BCUT2D eigenvalue weighted by Crippen LogP contribution is -2.41. The number of benzene rings is 1. The van der Waals surface area contributed by atoms with Gasteiger partial charge >= 0.3 is 6.03 Å². The fourth-order valence-electron chi connectivity index (χ4n) is 4.35. The zero-order valence-corrected chi connectivity index (χ0v) is 21.2. The Morgan fingerprint density at radius 3 is 2.69 bits per heavy atom. The number of anilines is 1. The molecule has 0 unspecified atom stereocenters. The minimum Gasteiger partial charge on any atom is -0.379 e. The standard InChI is InChI=1S/C27H30N8O3.CH4/c1-2-29-27(37)34-26-32-23-15-18(14-21(24(23)33-26)22-5-3-4-6-30-22)19-13-20(17-28-16-19)25(36)31-7-8-35-9-11-38-12-10-35;/h3-6,13-17H,2,7-12H2,1H3,(H,31,36)(H3,29,32,33,34,37);1H4. The molecule has 0 atom stereocenters. The first-order valence-electron chi connectivity index (χ1n) is 12.6. The average Bonchev–Trinajstić information content (AvgIpc) is 3.36. The van der Waals surface area contributed by atoms with Crippen LogP contribution in [0.15, 0.2) is 55.0 Å². The summed E-state index contributed by atoms with van der Waals surface area (Å²) in [7, 11) is 0. The molecule has 1 aromatic carbocycles. The highest BCUT2D eigenvalue weighted by molar-refractivity contribution is 5.99. The number of fused-ring (bicyclic) bond motifs is 1. The molecule has 39 heavy (non-hydrogen) atoms. The molecule has 1 aliphatic rings. The number of H-pyrrole nitrogens is 1. The fourth-order valence-corrected chi connectivity index (χ4v) is 4.35. The third kappa shape index (κ3) is 6.75. The van der Waals surface area contributed by atoms with Crippen LogP contribution >= 0.6 is 0 Å². The van der Waals surface area contributed by atoms with E-state index in [1.54, 1.807) is 18.6 Å². The molecule has 0 aliphatic carbocycles. The molecular formula is C28H34N8O3. The number of imidazole rings is 1. The van der Waals surface area contributed by atoms with Crippen LogP contribution in [0.1, 0.15) is 24.7 Å². The van der Waals surface area contributed by atoms with Gasteiger partial charge in [0.05, 0.1) is 35.5 Å². The first-order chi connectivity index (χ1) is 18.6. The van der Waals surface area contributed by atoms with Crippen molar-refractivity contribution in [1.82, 2.24) is 35.5 Å². The minimum atomic E-state index is -0.345. The van der Waals surface area contributed by atoms with E-state index in [1.807, 2.05) is 43.3 Å². The Labute approximate surface area is 227 Å². The largest absolute Gasteiger partial charge is 0.379 e. The van der Waals surface area contributed by atoms with E-state index >= 15 is 0 Å². The molecule has 0 radical (unpaired) electrons. The summed E-state index contributed by atoms with van der Waals surface area (Å²) >= 11 is 0. The highest BCUT2D eigenvalue weighted by atomic mass is 16.5. The quantitative estimate of drug-likeness (QED) is 0.274. The fraction of sp³-hybridized carbons (Fsp3) is 0.321. The Morgan fingerprint density at radius 2 is 1.92 bits per heavy atom. The number of nitrogens with one attached hydrogen (secondary N) is 4. The van der Waals surface area contributed by atoms with Crippen molar-refractivity contribution in [2.75, 3.05) is 51.3 Å². The number of ether oxygens (including phenoxy) is 1. The number of aromatic nitrogens is 4. The van der Waals surface area contributed by atoms with Crippen molar-refractivity contribution in [2.45, 2.75) is 14.4 Å². The van der Waals surface area contributed by atoms with Crippen LogP contribution in [0.25, 0.3) is 33.4 Å². The summed E-state index contributed by atoms with van der Waals surface area (Å²) in [5.74, 6) is 0.153. The van der Waals surface area contributed by atoms with Crippen molar-refractivity contribution in [3.63, 3.8) is 0 Å². The Morgan fingerprint density at radius 1 is 1.08 bits per heavy atom. The SMILES string of the molecule is C.CCNC(=O)Nc1nc2c(-c3ccccn3)cc(-c3cncc(C(=O)NCCN4CCOCC4)c3)cc2[nH]1. The maximum atomic E-state index is 12.9. The van der Waals surface area contributed by atoms with E-state index in [4.69, 9.17) is 4.74 Å². The lowest BCUT2D eigenvalue weighted by molar-refractivity contribution is 0.0383. The molecule has 5 rings (SSSR count). The van der Waals surface area contributed by atoms with Gasteiger partial charge in [-0.25, -0.2) is 9.78 Å². The molecule has 3 amide bonds. The van der Waals surface area contributed by atoms with Gasteiger partial charge in [-0.1, -0.05) is 13.5 Å². The minimum absolute atomic E-state index is 0. The van der Waals surface area contributed by atoms with Gasteiger partial charge in [0.2, 0.25) is 5.95 Å². The average molecular weight is 531 g/mol. The molecule has 4 aromatic rings. The molecule has 0 saturated carbocycles. The zero-order valence-electron chi connectivity index (χ0n) is 21.2. The summed E-state index contributed by atoms with van der Waals surface area (Å²) in [4.78, 5) is 43.8. The number of carbonyl (C=O) groups is 2. The highest BCUT2D eigenvalue weighted by Gasteiger charge is 2.16. The molecular weight excluding hydrogens is 496 g/mol. The van der Waals surface area contributed by atoms with Crippen molar-refractivity contribution in [1.29, 1.82) is 0 Å². The Balaban J connectivity index is 0.00000353. The van der Waals surface area contributed by atoms with Crippen molar-refractivity contribution in [3.05, 3.63) is 60.6 Å². The molecule has 0 spiro atoms. The molecule has 11 nitrogen and oxygen atoms in total. The van der Waals surface area contributed by atoms with Gasteiger partial charge in [0, 0.05) is 62.4 Å². The Bertz CT molecular complexity index is 1420. The van der Waals surface area contributed by atoms with E-state index < -0.39 is 0 Å². The summed E-state index contributed by atoms with van der Waals surface area (Å²) < 4.78 is 5.37. The monoisotopic (exact) mass is 530 g/mol. The van der Waals surface area contributed by atoms with E-state index in [2.05, 4.69) is 40.8 Å². The number of morpholine rings is 1. The second-order valence-corrected chi connectivity index (χ2v) is 8.88. The normalized spacial score (nSPS) is 13.5. The molecule has 4 heterocycles. The molecule has 0 bridgehead atoms. The lowest BCUT2D eigenvalue weighted by Gasteiger charge is -2.26. The maximum Gasteiger partial charge on any atom is 0.321 e. The van der Waals surface area contributed by atoms with Crippen LogP contribution in [0.2, 0.25) is 0 Å². The number of hydrogen-bond acceptors (Lipinski definition) is 7. The van der Waals surface area contributed by atoms with E-state index in [-0.39, 0.29) is 19.4 Å². The van der Waals surface area contributed by atoms with Gasteiger partial charge in [0.1, 0.15) is 0 Å². The summed E-state index contributed by atoms with van der Waals surface area (Å²) in [5.41, 5.74) is 5.00. The van der Waals surface area contributed by atoms with Gasteiger partial charge in [0.25, 0.3) is 5.91 Å². The number of nitrogens with zero attached hydrogens (tertiary/aromatic N) is 4. The maximum absolute atomic E-state index is 12.9. The predicted molar refractivity (Wildman–Crippen MR) is 152 cm³/mol. The zero-order chi connectivity index (χ0) is 26.3. The van der Waals surface area contributed by atoms with Crippen molar-refractivity contribution in [2.24, 2.45) is 0 Å². The number of carbonyl (C=O) groups excluding carboxylic acids is 2. The van der Waals surface area contributed by atoms with Gasteiger partial charge in [-0.05, 0) is 42.8 Å². The Kier molecular flexibility index (Phi) is 9.18. The van der Waals surface area contributed by atoms with Crippen LogP contribution in [-0.4, -0.2) is 82.7 Å². The summed E-state index contributed by atoms with van der Waals surface area (Å²) in [6.07, 6.45) is 5.01. The van der Waals surface area contributed by atoms with E-state index in [0.717, 1.165) is 60.7 Å². The van der Waals surface area contributed by atoms with E-state index in [9.17, 15) is 9.59 Å². The van der Waals surface area contributed by atoms with Crippen molar-refractivity contribution >= 4 is 28.9 Å². The number of aromatic amines is 1. The highest BCUT2D eigenvalue weighted by Crippen LogP contribution is 2.33. The van der Waals surface area contributed by atoms with Gasteiger partial charge in [-0.2, -0.15) is 0 Å². The molecule has 1 saturated heterocycles. The van der Waals surface area contributed by atoms with E-state index in [0.29, 0.717) is 30.1 Å². The van der Waals surface area contributed by atoms with Crippen LogP contribution in [0.4, 0.5) is 10.7 Å². The number of hydrogen-bond donors (Lipinski definition) is 4. The first-order valence-corrected chi connectivity index (χ1v) is 12.6. The molecule has 3 aromatic heterocycles. The summed E-state index contributed by atoms with van der Waals surface area (Å²) in [6.45, 7) is 6.88. The topological polar surface area (TPSA) is 137 Å². The summed E-state index contributed by atoms with van der Waals surface area (Å²) in [6, 6.07) is 11.0. The third-order valence-electron chi connectivity index (χ3n) is 6.25. The number of amides is 3. The molecule has 1 aliphatic heterocycles. The van der Waals surface area contributed by atoms with Gasteiger partial charge in [0.15, 0.2) is 0 Å². The lowest BCUT2D eigenvalue weighted by atomic mass is 10.00. The summed E-state index contributed by atoms with van der Waals surface area (Å²) in [5, 5.41) is 8.41. The first kappa shape index (κ1) is 27.7. The van der Waals surface area contributed by atoms with Crippen LogP contribution < -0.4 is 16.0 Å². The second kappa shape index (κ2) is 12.9.